The van der Waals surface area contributed by atoms with Crippen molar-refractivity contribution < 1.29 is 0 Å². The lowest BCUT2D eigenvalue weighted by Gasteiger charge is -1.87. The summed E-state index contributed by atoms with van der Waals surface area (Å²) >= 11 is 3.45. The highest BCUT2D eigenvalue weighted by Gasteiger charge is 2.00. The minimum absolute atomic E-state index is 1.06. The van der Waals surface area contributed by atoms with E-state index in [1.165, 1.54) is 20.2 Å². The van der Waals surface area contributed by atoms with Gasteiger partial charge in [-0.15, -0.1) is 22.7 Å². The van der Waals surface area contributed by atoms with Gasteiger partial charge in [-0.1, -0.05) is 48.2 Å². The van der Waals surface area contributed by atoms with Gasteiger partial charge < -0.3 is 0 Å². The van der Waals surface area contributed by atoms with Crippen molar-refractivity contribution in [2.24, 2.45) is 0 Å². The summed E-state index contributed by atoms with van der Waals surface area (Å²) < 4.78 is 2.53. The van der Waals surface area contributed by atoms with Crippen LogP contribution in [0.15, 0.2) is 59.3 Å². The average Bonchev–Trinajstić information content (AvgIpc) is 3.16. The molecule has 0 unspecified atom stereocenters. The molecule has 4 aromatic rings. The van der Waals surface area contributed by atoms with Crippen LogP contribution in [0.3, 0.4) is 0 Å². The fraction of sp³-hybridized carbons (Fsp3) is 0. The number of thiophene rings is 2. The third kappa shape index (κ3) is 2.40. The van der Waals surface area contributed by atoms with E-state index in [4.69, 9.17) is 0 Å². The Morgan fingerprint density at radius 2 is 1.05 bits per heavy atom. The molecule has 2 heterocycles. The van der Waals surface area contributed by atoms with Gasteiger partial charge in [0.05, 0.1) is 0 Å². The van der Waals surface area contributed by atoms with Crippen molar-refractivity contribution in [3.63, 3.8) is 0 Å². The Morgan fingerprint density at radius 1 is 0.591 bits per heavy atom. The van der Waals surface area contributed by atoms with Gasteiger partial charge in [-0.25, -0.2) is 0 Å². The standard InChI is InChI=1S/C20H10S2/c1(7-15-13-21-19-11-5-3-9-17(15)19)2-8-16-14-22-20-12-6-4-10-18(16)20/h3-6,9-14H. The van der Waals surface area contributed by atoms with Gasteiger partial charge in [-0.3, -0.25) is 0 Å². The van der Waals surface area contributed by atoms with Crippen molar-refractivity contribution in [1.82, 2.24) is 0 Å². The molecule has 0 N–H and O–H groups in total. The van der Waals surface area contributed by atoms with Crippen LogP contribution in [0.5, 0.6) is 0 Å². The predicted octanol–water partition coefficient (Wildman–Crippen LogP) is 5.52. The molecule has 0 aliphatic heterocycles. The number of benzene rings is 2. The van der Waals surface area contributed by atoms with Crippen molar-refractivity contribution in [3.05, 3.63) is 70.4 Å². The minimum Gasteiger partial charge on any atom is -0.142 e. The minimum atomic E-state index is 1.06. The molecule has 22 heavy (non-hydrogen) atoms. The first kappa shape index (κ1) is 13.2. The van der Waals surface area contributed by atoms with E-state index in [9.17, 15) is 0 Å². The molecule has 0 bridgehead atoms. The topological polar surface area (TPSA) is 0 Å². The molecule has 0 amide bonds. The molecular weight excluding hydrogens is 304 g/mol. The van der Waals surface area contributed by atoms with Gasteiger partial charge >= 0.3 is 0 Å². The highest BCUT2D eigenvalue weighted by molar-refractivity contribution is 7.17. The number of hydrogen-bond acceptors (Lipinski definition) is 2. The molecule has 0 aliphatic rings. The lowest BCUT2D eigenvalue weighted by Crippen LogP contribution is -1.70. The lowest BCUT2D eigenvalue weighted by molar-refractivity contribution is 1.82. The van der Waals surface area contributed by atoms with Crippen LogP contribution >= 0.6 is 22.7 Å². The van der Waals surface area contributed by atoms with E-state index >= 15 is 0 Å². The molecule has 0 fully saturated rings. The van der Waals surface area contributed by atoms with Crippen molar-refractivity contribution in [3.8, 4) is 23.7 Å². The van der Waals surface area contributed by atoms with Crippen molar-refractivity contribution in [2.75, 3.05) is 0 Å². The third-order valence-corrected chi connectivity index (χ3v) is 5.35. The van der Waals surface area contributed by atoms with Crippen LogP contribution in [0.1, 0.15) is 11.1 Å². The van der Waals surface area contributed by atoms with Gasteiger partial charge in [0.2, 0.25) is 0 Å². The van der Waals surface area contributed by atoms with Crippen LogP contribution in [0.2, 0.25) is 0 Å². The van der Waals surface area contributed by atoms with Crippen molar-refractivity contribution in [1.29, 1.82) is 0 Å². The van der Waals surface area contributed by atoms with E-state index in [2.05, 4.69) is 70.8 Å². The van der Waals surface area contributed by atoms with E-state index in [1.54, 1.807) is 22.7 Å². The highest BCUT2D eigenvalue weighted by atomic mass is 32.1. The zero-order valence-electron chi connectivity index (χ0n) is 11.6. The Bertz CT molecular complexity index is 998. The summed E-state index contributed by atoms with van der Waals surface area (Å²) in [7, 11) is 0. The Hall–Kier alpha value is -2.52. The van der Waals surface area contributed by atoms with Crippen LogP contribution in [0.4, 0.5) is 0 Å². The first-order valence-corrected chi connectivity index (χ1v) is 8.62. The van der Waals surface area contributed by atoms with Gasteiger partial charge in [0, 0.05) is 42.1 Å². The number of hydrogen-bond donors (Lipinski definition) is 0. The van der Waals surface area contributed by atoms with Gasteiger partial charge in [0.15, 0.2) is 0 Å². The summed E-state index contributed by atoms with van der Waals surface area (Å²) in [5.74, 6) is 12.3. The Kier molecular flexibility index (Phi) is 3.41. The Morgan fingerprint density at radius 3 is 1.55 bits per heavy atom. The highest BCUT2D eigenvalue weighted by Crippen LogP contribution is 2.25. The van der Waals surface area contributed by atoms with Gasteiger partial charge in [-0.05, 0) is 24.0 Å². The fourth-order valence-electron chi connectivity index (χ4n) is 2.35. The summed E-state index contributed by atoms with van der Waals surface area (Å²) in [6.45, 7) is 0. The molecule has 0 spiro atoms. The molecule has 2 aromatic heterocycles. The lowest BCUT2D eigenvalue weighted by atomic mass is 10.2. The molecule has 0 radical (unpaired) electrons. The largest absolute Gasteiger partial charge is 0.142 e. The summed E-state index contributed by atoms with van der Waals surface area (Å²) in [6.07, 6.45) is 0. The maximum atomic E-state index is 3.17. The average molecular weight is 314 g/mol. The van der Waals surface area contributed by atoms with Crippen LogP contribution in [-0.4, -0.2) is 0 Å². The summed E-state index contributed by atoms with van der Waals surface area (Å²) in [4.78, 5) is 0. The Labute approximate surface area is 137 Å². The predicted molar refractivity (Wildman–Crippen MR) is 97.4 cm³/mol. The summed E-state index contributed by atoms with van der Waals surface area (Å²) in [6, 6.07) is 16.6. The zero-order valence-corrected chi connectivity index (χ0v) is 13.2. The SMILES string of the molecule is C(C#Cc1csc2ccccc12)#Cc1csc2ccccc12. The van der Waals surface area contributed by atoms with E-state index in [0.717, 1.165) is 11.1 Å². The van der Waals surface area contributed by atoms with Crippen LogP contribution in [-0.2, 0) is 0 Å². The second-order valence-electron chi connectivity index (χ2n) is 4.79. The van der Waals surface area contributed by atoms with Crippen LogP contribution < -0.4 is 0 Å². The molecule has 0 atom stereocenters. The molecule has 4 rings (SSSR count). The van der Waals surface area contributed by atoms with Crippen molar-refractivity contribution in [2.45, 2.75) is 0 Å². The molecular formula is C20H10S2. The first-order valence-electron chi connectivity index (χ1n) is 6.86. The van der Waals surface area contributed by atoms with E-state index < -0.39 is 0 Å². The molecule has 102 valence electrons. The fourth-order valence-corrected chi connectivity index (χ4v) is 4.13. The maximum Gasteiger partial charge on any atom is 0.0441 e. The maximum absolute atomic E-state index is 3.17. The number of fused-ring (bicyclic) bond motifs is 2. The second-order valence-corrected chi connectivity index (χ2v) is 6.61. The molecule has 2 heteroatoms. The van der Waals surface area contributed by atoms with Crippen molar-refractivity contribution >= 4 is 42.8 Å². The third-order valence-electron chi connectivity index (χ3n) is 3.42. The van der Waals surface area contributed by atoms with Gasteiger partial charge in [0.1, 0.15) is 0 Å². The van der Waals surface area contributed by atoms with Crippen LogP contribution in [0.25, 0.3) is 20.2 Å². The van der Waals surface area contributed by atoms with Crippen LogP contribution in [0, 0.1) is 23.7 Å². The first-order chi connectivity index (χ1) is 10.9. The van der Waals surface area contributed by atoms with Gasteiger partial charge in [0.25, 0.3) is 0 Å². The van der Waals surface area contributed by atoms with Gasteiger partial charge in [-0.2, -0.15) is 0 Å². The Balaban J connectivity index is 1.67. The number of rotatable bonds is 0. The molecule has 0 saturated heterocycles. The summed E-state index contributed by atoms with van der Waals surface area (Å²) in [5, 5.41) is 6.61. The van der Waals surface area contributed by atoms with E-state index in [0.29, 0.717) is 0 Å². The normalized spacial score (nSPS) is 10.0. The quantitative estimate of drug-likeness (QED) is 0.375. The monoisotopic (exact) mass is 314 g/mol. The molecule has 0 nitrogen and oxygen atoms in total. The molecule has 0 aliphatic carbocycles. The summed E-state index contributed by atoms with van der Waals surface area (Å²) in [5.41, 5.74) is 2.12. The molecule has 2 aromatic carbocycles. The molecule has 0 saturated carbocycles. The smallest absolute Gasteiger partial charge is 0.0441 e. The second kappa shape index (κ2) is 5.70. The zero-order chi connectivity index (χ0) is 14.8. The van der Waals surface area contributed by atoms with E-state index in [-0.39, 0.29) is 0 Å². The van der Waals surface area contributed by atoms with E-state index in [1.807, 2.05) is 12.1 Å².